The van der Waals surface area contributed by atoms with Gasteiger partial charge in [0.05, 0.1) is 22.3 Å². The lowest BCUT2D eigenvalue weighted by Crippen LogP contribution is -2.50. The molecule has 0 atom stereocenters. The van der Waals surface area contributed by atoms with Gasteiger partial charge in [0.15, 0.2) is 23.2 Å². The van der Waals surface area contributed by atoms with E-state index < -0.39 is 0 Å². The summed E-state index contributed by atoms with van der Waals surface area (Å²) in [5.74, 6) is 1.16. The minimum Gasteiger partial charge on any atom is -0.493 e. The van der Waals surface area contributed by atoms with Crippen LogP contribution in [0.1, 0.15) is 5.56 Å². The van der Waals surface area contributed by atoms with Gasteiger partial charge in [0.25, 0.3) is 5.91 Å². The van der Waals surface area contributed by atoms with Gasteiger partial charge in [-0.1, -0.05) is 41.1 Å². The molecule has 0 bridgehead atoms. The summed E-state index contributed by atoms with van der Waals surface area (Å²) in [4.78, 5) is 21.4. The van der Waals surface area contributed by atoms with E-state index >= 15 is 0 Å². The Morgan fingerprint density at radius 3 is 2.55 bits per heavy atom. The number of carbonyl (C=O) groups is 1. The minimum atomic E-state index is -0.0289. The zero-order chi connectivity index (χ0) is 20.4. The maximum absolute atomic E-state index is 12.6. The van der Waals surface area contributed by atoms with Gasteiger partial charge in [0, 0.05) is 26.2 Å². The number of para-hydroxylation sites is 2. The molecule has 8 heteroatoms. The van der Waals surface area contributed by atoms with Gasteiger partial charge < -0.3 is 19.3 Å². The Bertz CT molecular complexity index is 992. The van der Waals surface area contributed by atoms with Crippen LogP contribution >= 0.6 is 22.9 Å². The molecular weight excluding hydrogens is 410 g/mol. The maximum Gasteiger partial charge on any atom is 0.260 e. The van der Waals surface area contributed by atoms with Crippen molar-refractivity contribution in [1.29, 1.82) is 0 Å². The van der Waals surface area contributed by atoms with Crippen molar-refractivity contribution in [1.82, 2.24) is 9.88 Å². The van der Waals surface area contributed by atoms with Crippen molar-refractivity contribution in [2.75, 3.05) is 44.8 Å². The Labute approximate surface area is 178 Å². The number of nitrogens with zero attached hydrogens (tertiary/aromatic N) is 3. The van der Waals surface area contributed by atoms with Gasteiger partial charge >= 0.3 is 0 Å². The predicted octanol–water partition coefficient (Wildman–Crippen LogP) is 3.99. The molecule has 4 rings (SSSR count). The van der Waals surface area contributed by atoms with E-state index in [1.807, 2.05) is 42.2 Å². The highest BCUT2D eigenvalue weighted by Crippen LogP contribution is 2.35. The first kappa shape index (κ1) is 19.8. The summed E-state index contributed by atoms with van der Waals surface area (Å²) in [6.07, 6.45) is 0. The molecular formula is C21H22ClN3O3S. The summed E-state index contributed by atoms with van der Waals surface area (Å²) >= 11 is 7.94. The van der Waals surface area contributed by atoms with Crippen molar-refractivity contribution in [2.24, 2.45) is 0 Å². The third kappa shape index (κ3) is 4.11. The number of methoxy groups -OCH3 is 1. The van der Waals surface area contributed by atoms with Gasteiger partial charge in [-0.15, -0.1) is 0 Å². The smallest absolute Gasteiger partial charge is 0.260 e. The number of benzene rings is 2. The quantitative estimate of drug-likeness (QED) is 0.611. The molecule has 1 aliphatic heterocycles. The molecule has 2 aromatic carbocycles. The van der Waals surface area contributed by atoms with Gasteiger partial charge in [-0.25, -0.2) is 4.98 Å². The number of thiazole rings is 1. The first-order chi connectivity index (χ1) is 14.1. The fraction of sp³-hybridized carbons (Fsp3) is 0.333. The topological polar surface area (TPSA) is 54.9 Å². The summed E-state index contributed by atoms with van der Waals surface area (Å²) < 4.78 is 11.9. The second kappa shape index (κ2) is 8.47. The van der Waals surface area contributed by atoms with E-state index in [4.69, 9.17) is 26.1 Å². The average Bonchev–Trinajstić information content (AvgIpc) is 3.22. The van der Waals surface area contributed by atoms with Crippen LogP contribution in [0.3, 0.4) is 0 Å². The van der Waals surface area contributed by atoms with Gasteiger partial charge in [-0.2, -0.15) is 0 Å². The third-order valence-corrected chi connectivity index (χ3v) is 6.59. The molecule has 0 saturated carbocycles. The molecule has 0 N–H and O–H groups in total. The Hall–Kier alpha value is -2.51. The monoisotopic (exact) mass is 431 g/mol. The summed E-state index contributed by atoms with van der Waals surface area (Å²) in [5, 5.41) is 1.69. The average molecular weight is 432 g/mol. The molecule has 0 spiro atoms. The molecule has 0 unspecified atom stereocenters. The van der Waals surface area contributed by atoms with Gasteiger partial charge in [-0.3, -0.25) is 4.79 Å². The molecule has 1 saturated heterocycles. The van der Waals surface area contributed by atoms with E-state index in [0.29, 0.717) is 24.6 Å². The highest BCUT2D eigenvalue weighted by atomic mass is 35.5. The third-order valence-electron chi connectivity index (χ3n) is 5.01. The number of ether oxygens (including phenoxy) is 2. The van der Waals surface area contributed by atoms with Crippen molar-refractivity contribution in [2.45, 2.75) is 6.92 Å². The summed E-state index contributed by atoms with van der Waals surface area (Å²) in [7, 11) is 1.58. The second-order valence-corrected chi connectivity index (χ2v) is 8.23. The fourth-order valence-corrected chi connectivity index (χ4v) is 4.71. The summed E-state index contributed by atoms with van der Waals surface area (Å²) in [5.41, 5.74) is 2.08. The van der Waals surface area contributed by atoms with Gasteiger partial charge in [0.2, 0.25) is 0 Å². The van der Waals surface area contributed by atoms with Crippen LogP contribution in [0, 0.1) is 6.92 Å². The van der Waals surface area contributed by atoms with Crippen LogP contribution in [0.5, 0.6) is 11.5 Å². The number of aryl methyl sites for hydroxylation is 1. The van der Waals surface area contributed by atoms with E-state index in [0.717, 1.165) is 39.0 Å². The fourth-order valence-electron chi connectivity index (χ4n) is 3.34. The minimum absolute atomic E-state index is 0.00366. The maximum atomic E-state index is 12.6. The largest absolute Gasteiger partial charge is 0.493 e. The van der Waals surface area contributed by atoms with Gasteiger partial charge in [-0.05, 0) is 30.7 Å². The molecule has 1 aromatic heterocycles. The lowest BCUT2D eigenvalue weighted by molar-refractivity contribution is -0.133. The van der Waals surface area contributed by atoms with Crippen LogP contribution in [0.25, 0.3) is 10.2 Å². The summed E-state index contributed by atoms with van der Waals surface area (Å²) in [6.45, 7) is 4.78. The first-order valence-corrected chi connectivity index (χ1v) is 10.6. The van der Waals surface area contributed by atoms with Gasteiger partial charge in [0.1, 0.15) is 0 Å². The van der Waals surface area contributed by atoms with Crippen molar-refractivity contribution < 1.29 is 14.3 Å². The van der Waals surface area contributed by atoms with Crippen LogP contribution in [0.15, 0.2) is 36.4 Å². The number of amides is 1. The number of piperazine rings is 1. The molecule has 1 amide bonds. The number of anilines is 1. The van der Waals surface area contributed by atoms with E-state index in [1.54, 1.807) is 24.5 Å². The Balaban J connectivity index is 1.36. The Morgan fingerprint density at radius 1 is 1.14 bits per heavy atom. The number of hydrogen-bond donors (Lipinski definition) is 0. The van der Waals surface area contributed by atoms with Crippen LogP contribution < -0.4 is 14.4 Å². The normalized spacial score (nSPS) is 14.3. The summed E-state index contributed by atoms with van der Waals surface area (Å²) in [6, 6.07) is 11.2. The van der Waals surface area contributed by atoms with Crippen molar-refractivity contribution in [3.63, 3.8) is 0 Å². The molecule has 0 aliphatic carbocycles. The highest BCUT2D eigenvalue weighted by Gasteiger charge is 2.24. The Morgan fingerprint density at radius 2 is 1.86 bits per heavy atom. The van der Waals surface area contributed by atoms with Crippen molar-refractivity contribution in [3.8, 4) is 11.5 Å². The number of aromatic nitrogens is 1. The predicted molar refractivity (Wildman–Crippen MR) is 117 cm³/mol. The number of rotatable bonds is 5. The molecule has 1 aliphatic rings. The molecule has 0 radical (unpaired) electrons. The number of hydrogen-bond acceptors (Lipinski definition) is 6. The lowest BCUT2D eigenvalue weighted by Gasteiger charge is -2.34. The molecule has 3 aromatic rings. The standard InChI is InChI=1S/C21H22ClN3O3S/c1-14-7-8-15(22)20-19(14)23-21(29-20)25-11-9-24(10-12-25)18(26)13-28-17-6-4-3-5-16(17)27-2/h3-8H,9-13H2,1-2H3. The van der Waals surface area contributed by atoms with E-state index in [9.17, 15) is 4.79 Å². The van der Waals surface area contributed by atoms with Crippen LogP contribution in [-0.2, 0) is 4.79 Å². The number of carbonyl (C=O) groups excluding carboxylic acids is 1. The highest BCUT2D eigenvalue weighted by molar-refractivity contribution is 7.22. The molecule has 6 nitrogen and oxygen atoms in total. The SMILES string of the molecule is COc1ccccc1OCC(=O)N1CCN(c2nc3c(C)ccc(Cl)c3s2)CC1. The van der Waals surface area contributed by atoms with Crippen LogP contribution in [-0.4, -0.2) is 55.7 Å². The van der Waals surface area contributed by atoms with Crippen LogP contribution in [0.4, 0.5) is 5.13 Å². The zero-order valence-corrected chi connectivity index (χ0v) is 17.9. The van der Waals surface area contributed by atoms with E-state index in [-0.39, 0.29) is 12.5 Å². The first-order valence-electron chi connectivity index (χ1n) is 9.41. The van der Waals surface area contributed by atoms with E-state index in [2.05, 4.69) is 4.90 Å². The Kier molecular flexibility index (Phi) is 5.78. The molecule has 29 heavy (non-hydrogen) atoms. The number of fused-ring (bicyclic) bond motifs is 1. The zero-order valence-electron chi connectivity index (χ0n) is 16.4. The van der Waals surface area contributed by atoms with Crippen molar-refractivity contribution in [3.05, 3.63) is 47.0 Å². The lowest BCUT2D eigenvalue weighted by atomic mass is 10.2. The molecule has 152 valence electrons. The number of halogens is 1. The second-order valence-electron chi connectivity index (χ2n) is 6.85. The van der Waals surface area contributed by atoms with Crippen molar-refractivity contribution >= 4 is 44.2 Å². The molecule has 2 heterocycles. The van der Waals surface area contributed by atoms with Crippen LogP contribution in [0.2, 0.25) is 5.02 Å². The van der Waals surface area contributed by atoms with E-state index in [1.165, 1.54) is 0 Å². The molecule has 1 fully saturated rings.